The van der Waals surface area contributed by atoms with Crippen molar-refractivity contribution < 1.29 is 4.79 Å². The van der Waals surface area contributed by atoms with Gasteiger partial charge in [-0.05, 0) is 34.6 Å². The zero-order valence-corrected chi connectivity index (χ0v) is 20.1. The van der Waals surface area contributed by atoms with Crippen LogP contribution >= 0.6 is 21.6 Å². The molecule has 0 aliphatic heterocycles. The maximum atomic E-state index is 9.70. The van der Waals surface area contributed by atoms with Crippen LogP contribution in [0.4, 0.5) is 0 Å². The van der Waals surface area contributed by atoms with Gasteiger partial charge in [-0.2, -0.15) is 0 Å². The smallest absolute Gasteiger partial charge is 0.216 e. The fourth-order valence-corrected chi connectivity index (χ4v) is 1.70. The predicted molar refractivity (Wildman–Crippen MR) is 124 cm³/mol. The summed E-state index contributed by atoms with van der Waals surface area (Å²) in [5.74, 6) is 0.00463. The van der Waals surface area contributed by atoms with Gasteiger partial charge < -0.3 is 5.32 Å². The second-order valence-corrected chi connectivity index (χ2v) is 16.6. The number of amides is 1. The van der Waals surface area contributed by atoms with Crippen LogP contribution in [-0.2, 0) is 4.79 Å². The SMILES string of the molecule is C.CC(C)(C)C.CNC(C)=O.CSSc1ccccn1.C[Si](C)(C)C. The van der Waals surface area contributed by atoms with Crippen molar-refractivity contribution >= 4 is 35.6 Å². The second-order valence-electron chi connectivity index (χ2n) is 8.22. The van der Waals surface area contributed by atoms with Crippen molar-refractivity contribution in [3.8, 4) is 0 Å². The minimum Gasteiger partial charge on any atom is -0.359 e. The predicted octanol–water partition coefficient (Wildman–Crippen LogP) is 6.85. The number of pyridine rings is 1. The number of carbonyl (C=O) groups is 1. The van der Waals surface area contributed by atoms with Gasteiger partial charge in [-0.3, -0.25) is 4.79 Å². The molecule has 1 heterocycles. The topological polar surface area (TPSA) is 42.0 Å². The molecule has 0 atom stereocenters. The average molecular weight is 407 g/mol. The molecule has 150 valence electrons. The normalized spacial score (nSPS) is 9.56. The standard InChI is InChI=1S/C6H7NS2.C5H12.C4H12Si.C3H7NO.CH4/c1-8-9-6-4-2-3-5-7-6;2*1-5(2,3)4;1-3(5)4-2;/h2-5H,1H3;2*1-4H3;1-2H3,(H,4,5);1H4. The van der Waals surface area contributed by atoms with Crippen molar-refractivity contribution in [2.45, 2.75) is 73.3 Å². The van der Waals surface area contributed by atoms with Gasteiger partial charge in [-0.15, -0.1) is 0 Å². The quantitative estimate of drug-likeness (QED) is 0.431. The first-order valence-electron chi connectivity index (χ1n) is 8.00. The number of hydrogen-bond donors (Lipinski definition) is 1. The van der Waals surface area contributed by atoms with Crippen molar-refractivity contribution in [2.24, 2.45) is 5.41 Å². The molecular weight excluding hydrogens is 364 g/mol. The van der Waals surface area contributed by atoms with Crippen LogP contribution in [0.15, 0.2) is 29.4 Å². The summed E-state index contributed by atoms with van der Waals surface area (Å²) in [5.41, 5.74) is 0.500. The zero-order valence-electron chi connectivity index (χ0n) is 17.5. The molecule has 1 amide bonds. The monoisotopic (exact) mass is 406 g/mol. The second kappa shape index (κ2) is 18.3. The number of carbonyl (C=O) groups excluding carboxylic acids is 1. The molecule has 0 saturated carbocycles. The summed E-state index contributed by atoms with van der Waals surface area (Å²) < 4.78 is 0. The van der Waals surface area contributed by atoms with E-state index in [4.69, 9.17) is 0 Å². The van der Waals surface area contributed by atoms with Gasteiger partial charge in [0.25, 0.3) is 0 Å². The van der Waals surface area contributed by atoms with Crippen LogP contribution in [0, 0.1) is 5.41 Å². The lowest BCUT2D eigenvalue weighted by Crippen LogP contribution is -2.11. The van der Waals surface area contributed by atoms with Gasteiger partial charge in [0.15, 0.2) is 0 Å². The van der Waals surface area contributed by atoms with E-state index < -0.39 is 8.07 Å². The van der Waals surface area contributed by atoms with Crippen molar-refractivity contribution in [1.29, 1.82) is 0 Å². The fourth-order valence-electron chi connectivity index (χ4n) is 0.482. The number of nitrogens with zero attached hydrogens (tertiary/aromatic N) is 1. The highest BCUT2D eigenvalue weighted by Crippen LogP contribution is 2.25. The van der Waals surface area contributed by atoms with E-state index in [-0.39, 0.29) is 13.3 Å². The molecule has 1 rings (SSSR count). The summed E-state index contributed by atoms with van der Waals surface area (Å²) in [4.78, 5) is 13.8. The minimum atomic E-state index is -0.611. The van der Waals surface area contributed by atoms with Crippen LogP contribution in [0.25, 0.3) is 0 Å². The first kappa shape index (κ1) is 32.2. The van der Waals surface area contributed by atoms with Crippen LogP contribution in [0.1, 0.15) is 42.0 Å². The van der Waals surface area contributed by atoms with Crippen LogP contribution in [0.2, 0.25) is 26.2 Å². The molecule has 3 nitrogen and oxygen atoms in total. The van der Waals surface area contributed by atoms with Crippen molar-refractivity contribution in [3.63, 3.8) is 0 Å². The molecule has 1 aromatic rings. The van der Waals surface area contributed by atoms with Gasteiger partial charge in [-0.25, -0.2) is 4.98 Å². The number of aromatic nitrogens is 1. The molecule has 0 aromatic carbocycles. The molecule has 0 aliphatic rings. The van der Waals surface area contributed by atoms with Crippen LogP contribution in [-0.4, -0.2) is 32.3 Å². The Morgan fingerprint density at radius 2 is 1.48 bits per heavy atom. The van der Waals surface area contributed by atoms with E-state index in [9.17, 15) is 4.79 Å². The maximum Gasteiger partial charge on any atom is 0.216 e. The summed E-state index contributed by atoms with van der Waals surface area (Å²) in [6.07, 6.45) is 3.85. The molecule has 25 heavy (non-hydrogen) atoms. The summed E-state index contributed by atoms with van der Waals surface area (Å²) in [6.45, 7) is 19.5. The van der Waals surface area contributed by atoms with Crippen molar-refractivity contribution in [3.05, 3.63) is 24.4 Å². The molecule has 1 N–H and O–H groups in total. The van der Waals surface area contributed by atoms with Gasteiger partial charge in [0.1, 0.15) is 5.03 Å². The number of hydrogen-bond acceptors (Lipinski definition) is 4. The van der Waals surface area contributed by atoms with Crippen LogP contribution < -0.4 is 5.32 Å². The molecule has 0 fully saturated rings. The van der Waals surface area contributed by atoms with Crippen molar-refractivity contribution in [1.82, 2.24) is 10.3 Å². The van der Waals surface area contributed by atoms with Gasteiger partial charge in [-0.1, -0.05) is 78.2 Å². The molecule has 0 aliphatic carbocycles. The summed E-state index contributed by atoms with van der Waals surface area (Å²) >= 11 is 0. The lowest BCUT2D eigenvalue weighted by molar-refractivity contribution is -0.118. The minimum absolute atomic E-state index is 0. The molecule has 1 aromatic heterocycles. The van der Waals surface area contributed by atoms with E-state index in [2.05, 4.69) is 64.2 Å². The fraction of sp³-hybridized carbons (Fsp3) is 0.684. The molecule has 0 bridgehead atoms. The summed E-state index contributed by atoms with van der Waals surface area (Å²) in [5, 5.41) is 3.46. The maximum absolute atomic E-state index is 9.70. The van der Waals surface area contributed by atoms with Gasteiger partial charge in [0.2, 0.25) is 5.91 Å². The molecule has 6 heteroatoms. The third-order valence-electron chi connectivity index (χ3n) is 1.16. The Morgan fingerprint density at radius 1 is 1.12 bits per heavy atom. The Hall–Kier alpha value is -0.463. The Kier molecular flexibility index (Phi) is 23.6. The lowest BCUT2D eigenvalue weighted by atomic mass is 10.0. The highest BCUT2D eigenvalue weighted by Gasteiger charge is 1.99. The lowest BCUT2D eigenvalue weighted by Gasteiger charge is -2.05. The Bertz CT molecular complexity index is 378. The van der Waals surface area contributed by atoms with E-state index in [0.717, 1.165) is 5.03 Å². The van der Waals surface area contributed by atoms with Crippen LogP contribution in [0.5, 0.6) is 0 Å². The Morgan fingerprint density at radius 3 is 1.68 bits per heavy atom. The van der Waals surface area contributed by atoms with Crippen LogP contribution in [0.3, 0.4) is 0 Å². The van der Waals surface area contributed by atoms with E-state index in [1.54, 1.807) is 34.8 Å². The highest BCUT2D eigenvalue weighted by atomic mass is 33.1. The van der Waals surface area contributed by atoms with E-state index in [0.29, 0.717) is 5.41 Å². The average Bonchev–Trinajstić information content (AvgIpc) is 2.37. The van der Waals surface area contributed by atoms with E-state index in [1.807, 2.05) is 24.5 Å². The highest BCUT2D eigenvalue weighted by molar-refractivity contribution is 8.76. The Balaban J connectivity index is -0.000000122. The first-order valence-corrected chi connectivity index (χ1v) is 14.6. The zero-order chi connectivity index (χ0) is 19.8. The van der Waals surface area contributed by atoms with E-state index in [1.165, 1.54) is 6.92 Å². The van der Waals surface area contributed by atoms with Gasteiger partial charge in [0.05, 0.1) is 0 Å². The summed E-state index contributed by atoms with van der Waals surface area (Å²) in [7, 11) is 4.38. The third-order valence-corrected chi connectivity index (χ3v) is 2.75. The first-order chi connectivity index (χ1) is 10.7. The molecule has 0 unspecified atom stereocenters. The number of rotatable bonds is 2. The molecule has 0 spiro atoms. The van der Waals surface area contributed by atoms with Gasteiger partial charge in [0, 0.05) is 28.2 Å². The molecule has 0 saturated heterocycles. The van der Waals surface area contributed by atoms with E-state index >= 15 is 0 Å². The third kappa shape index (κ3) is 69.5. The largest absolute Gasteiger partial charge is 0.359 e. The van der Waals surface area contributed by atoms with Gasteiger partial charge >= 0.3 is 0 Å². The van der Waals surface area contributed by atoms with Crippen molar-refractivity contribution in [2.75, 3.05) is 13.3 Å². The summed E-state index contributed by atoms with van der Waals surface area (Å²) in [6, 6.07) is 5.91. The number of nitrogens with one attached hydrogen (secondary N) is 1. The Labute approximate surface area is 167 Å². The molecular formula is C19H42N2OS2Si. The molecule has 0 radical (unpaired) electrons.